The van der Waals surface area contributed by atoms with Gasteiger partial charge in [0.25, 0.3) is 5.91 Å². The van der Waals surface area contributed by atoms with Gasteiger partial charge < -0.3 is 92.6 Å². The third-order valence-electron chi connectivity index (χ3n) is 15.4. The van der Waals surface area contributed by atoms with E-state index in [1.807, 2.05) is 20.1 Å². The van der Waals surface area contributed by atoms with Gasteiger partial charge in [0.15, 0.2) is 54.1 Å². The molecule has 6 aliphatic rings. The summed E-state index contributed by atoms with van der Waals surface area (Å²) >= 11 is 0. The zero-order chi connectivity index (χ0) is 65.7. The molecule has 7 rings (SSSR count). The predicted octanol–water partition coefficient (Wildman–Crippen LogP) is 2.43. The molecule has 4 fully saturated rings. The largest absolute Gasteiger partial charge is 0.493 e. The smallest absolute Gasteiger partial charge is 0.411 e. The molecule has 2 amide bonds. The lowest BCUT2D eigenvalue weighted by atomic mass is 9.73. The number of esters is 1. The first-order valence-electron chi connectivity index (χ1n) is 28.6. The molecule has 0 saturated carbocycles. The Bertz CT molecular complexity index is 2980. The number of benzene rings is 1. The normalized spacial score (nSPS) is 34.5. The number of alkyl carbamates (subject to hydrolysis) is 1. The minimum absolute atomic E-state index is 0.0618. The number of aliphatic hydroxyl groups excluding tert-OH is 3. The van der Waals surface area contributed by atoms with Gasteiger partial charge in [-0.3, -0.25) is 24.0 Å². The van der Waals surface area contributed by atoms with Gasteiger partial charge in [0.05, 0.1) is 99.8 Å². The first-order valence-corrected chi connectivity index (χ1v) is 34.3. The third-order valence-corrected chi connectivity index (χ3v) is 20.5. The molecule has 0 unspecified atom stereocenters. The number of aliphatic hydroxyl groups is 4. The molecule has 20 atom stereocenters. The number of amides is 2. The van der Waals surface area contributed by atoms with Crippen molar-refractivity contribution >= 4 is 71.7 Å². The van der Waals surface area contributed by atoms with Gasteiger partial charge in [0.1, 0.15) is 30.5 Å². The number of hydrogen-bond acceptors (Lipinski definition) is 28. The van der Waals surface area contributed by atoms with Gasteiger partial charge in [0, 0.05) is 78.5 Å². The zero-order valence-electron chi connectivity index (χ0n) is 51.8. The number of hydrogen-bond donors (Lipinski definition) is 8. The van der Waals surface area contributed by atoms with Crippen LogP contribution in [0.1, 0.15) is 64.2 Å². The third kappa shape index (κ3) is 17.5. The summed E-state index contributed by atoms with van der Waals surface area (Å²) in [5.41, 5.74) is -1.10. The standard InChI is InChI=1S/C59H80N4O23S4/c1-28(2)60-36-27-78-43(25-39(36)74-8)84-52-50(66)47(63-86-45-24-37(64)53(90(13)72)31(5)80-45)29(3)81-57(52)83-38-18-16-14-15-17-20-59(71)34(19-21-88-89-87-12)46(38)48(62-58(70)77-11)51(67)54(59)85-44-26-42(49(65)30(4)79-44)82-56(69)33-22-40(75-9)41(76-10)23-35(33)61-55(68)32(6)73-7/h14-15,19,22-23,28-31,36-39,42-45,47,49-50,52-54,57,60,63-66,71H,6,21,24-27H2,1-5,7-13H3,(H,61,68)(H,62,70)/b15-14-,34-19+/t29-,30+,31+,36-,37+,38-,39-,42-,43-,44-,45+,47-,49-,50+,52+,53+,54+,57+,59+,90+/m0/s1. The summed E-state index contributed by atoms with van der Waals surface area (Å²) in [5, 5.41) is 56.3. The number of fused-ring (bicyclic) bond motifs is 2. The fraction of sp³-hybridized carbons (Fsp3) is 0.627. The van der Waals surface area contributed by atoms with Crippen LogP contribution in [-0.4, -0.2) is 230 Å². The van der Waals surface area contributed by atoms with E-state index in [1.54, 1.807) is 27.0 Å². The molecule has 31 heteroatoms. The number of ketones is 1. The maximum absolute atomic E-state index is 15.6. The van der Waals surface area contributed by atoms with Crippen molar-refractivity contribution in [2.24, 2.45) is 0 Å². The summed E-state index contributed by atoms with van der Waals surface area (Å²) in [5.74, 6) is 8.49. The molecule has 498 valence electrons. The first-order chi connectivity index (χ1) is 42.9. The summed E-state index contributed by atoms with van der Waals surface area (Å²) in [6.45, 7) is 12.4. The first kappa shape index (κ1) is 72.6. The quantitative estimate of drug-likeness (QED) is 0.0133. The fourth-order valence-electron chi connectivity index (χ4n) is 10.9. The Morgan fingerprint density at radius 3 is 2.23 bits per heavy atom. The number of anilines is 1. The van der Waals surface area contributed by atoms with Gasteiger partial charge in [0.2, 0.25) is 5.78 Å². The summed E-state index contributed by atoms with van der Waals surface area (Å²) in [7, 11) is 9.27. The van der Waals surface area contributed by atoms with Crippen molar-refractivity contribution in [3.8, 4) is 35.2 Å². The summed E-state index contributed by atoms with van der Waals surface area (Å²) < 4.78 is 90.2. The molecule has 0 radical (unpaired) electrons. The van der Waals surface area contributed by atoms with E-state index in [9.17, 15) is 39.0 Å². The molecule has 27 nitrogen and oxygen atoms in total. The predicted molar refractivity (Wildman–Crippen MR) is 330 cm³/mol. The zero-order valence-corrected chi connectivity index (χ0v) is 55.0. The van der Waals surface area contributed by atoms with E-state index < -0.39 is 156 Å². The molecular weight excluding hydrogens is 1260 g/mol. The van der Waals surface area contributed by atoms with Gasteiger partial charge in [-0.05, 0) is 49.0 Å². The van der Waals surface area contributed by atoms with Crippen molar-refractivity contribution in [3.05, 3.63) is 65.1 Å². The fourth-order valence-corrected chi connectivity index (χ4v) is 14.5. The average molecular weight is 1340 g/mol. The molecule has 1 aromatic rings. The van der Waals surface area contributed by atoms with Crippen LogP contribution in [0.25, 0.3) is 0 Å². The van der Waals surface area contributed by atoms with Gasteiger partial charge in [-0.2, -0.15) is 5.48 Å². The molecule has 4 aliphatic heterocycles. The van der Waals surface area contributed by atoms with Crippen LogP contribution in [0.5, 0.6) is 11.5 Å². The van der Waals surface area contributed by atoms with Crippen LogP contribution in [0.15, 0.2) is 59.5 Å². The Morgan fingerprint density at radius 2 is 1.58 bits per heavy atom. The van der Waals surface area contributed by atoms with E-state index >= 15 is 4.79 Å². The number of hydroxylamine groups is 1. The van der Waals surface area contributed by atoms with Crippen LogP contribution in [0.4, 0.5) is 10.5 Å². The molecule has 0 aromatic heterocycles. The lowest BCUT2D eigenvalue weighted by Crippen LogP contribution is -2.65. The number of ether oxygens (including phenoxy) is 13. The average Bonchev–Trinajstić information content (AvgIpc) is 0.766. The lowest BCUT2D eigenvalue weighted by Gasteiger charge is -2.47. The Morgan fingerprint density at radius 1 is 0.878 bits per heavy atom. The van der Waals surface area contributed by atoms with Crippen LogP contribution in [0, 0.1) is 23.7 Å². The van der Waals surface area contributed by atoms with Gasteiger partial charge in [-0.1, -0.05) is 71.8 Å². The highest BCUT2D eigenvalue weighted by Crippen LogP contribution is 2.44. The van der Waals surface area contributed by atoms with E-state index in [1.165, 1.54) is 90.2 Å². The van der Waals surface area contributed by atoms with Gasteiger partial charge in [-0.25, -0.2) is 9.59 Å². The van der Waals surface area contributed by atoms with E-state index in [4.69, 9.17) is 66.4 Å². The Balaban J connectivity index is 1.27. The van der Waals surface area contributed by atoms with Crippen LogP contribution in [0.3, 0.4) is 0 Å². The molecule has 1 aromatic carbocycles. The Labute approximate surface area is 536 Å². The number of nitrogens with one attached hydrogen (secondary N) is 4. The van der Waals surface area contributed by atoms with Crippen molar-refractivity contribution in [1.82, 2.24) is 16.1 Å². The van der Waals surface area contributed by atoms with Crippen molar-refractivity contribution in [2.75, 3.05) is 65.7 Å². The highest BCUT2D eigenvalue weighted by atomic mass is 33.5. The van der Waals surface area contributed by atoms with E-state index in [2.05, 4.69) is 51.7 Å². The van der Waals surface area contributed by atoms with E-state index in [0.717, 1.165) is 7.11 Å². The van der Waals surface area contributed by atoms with Gasteiger partial charge in [-0.15, -0.1) is 0 Å². The van der Waals surface area contributed by atoms with Crippen molar-refractivity contribution < 1.29 is 110 Å². The topological polar surface area (TPSA) is 344 Å². The Hall–Kier alpha value is -4.82. The summed E-state index contributed by atoms with van der Waals surface area (Å²) in [4.78, 5) is 62.4. The highest BCUT2D eigenvalue weighted by molar-refractivity contribution is 9.09. The molecule has 8 N–H and O–H groups in total. The summed E-state index contributed by atoms with van der Waals surface area (Å²) in [6, 6.07) is 1.28. The van der Waals surface area contributed by atoms with E-state index in [-0.39, 0.29) is 76.9 Å². The number of carbonyl (C=O) groups is 4. The maximum atomic E-state index is 15.6. The molecule has 2 aliphatic carbocycles. The van der Waals surface area contributed by atoms with Crippen molar-refractivity contribution in [2.45, 2.75) is 175 Å². The highest BCUT2D eigenvalue weighted by Gasteiger charge is 2.57. The molecule has 2 bridgehead atoms. The number of rotatable bonds is 25. The molecule has 90 heavy (non-hydrogen) atoms. The number of allylic oxidation sites excluding steroid dienone is 2. The minimum Gasteiger partial charge on any atom is -0.493 e. The van der Waals surface area contributed by atoms with Crippen LogP contribution in [0.2, 0.25) is 0 Å². The van der Waals surface area contributed by atoms with E-state index in [0.29, 0.717) is 0 Å². The van der Waals surface area contributed by atoms with Gasteiger partial charge >= 0.3 is 12.1 Å². The van der Waals surface area contributed by atoms with Crippen molar-refractivity contribution in [1.29, 1.82) is 0 Å². The second-order valence-corrected chi connectivity index (χ2v) is 27.6. The Kier molecular flexibility index (Phi) is 26.9. The monoisotopic (exact) mass is 1340 g/mol. The molecule has 4 heterocycles. The van der Waals surface area contributed by atoms with Crippen molar-refractivity contribution in [3.63, 3.8) is 0 Å². The molecule has 0 spiro atoms. The second kappa shape index (κ2) is 33.3. The van der Waals surface area contributed by atoms with Crippen LogP contribution in [-0.2, 0) is 77.3 Å². The lowest BCUT2D eigenvalue weighted by molar-refractivity contribution is -0.336. The SMILES string of the molecule is C=C(OC)C(=O)Nc1cc(OC)c(OC)cc1C(=O)O[C@H]1C[C@H](O[C@@H]2C(=O)C(NC(=O)OC)=C3/C(=C\CSSSC)[C@]2(O)C#C/C=C\C#C[C@@H]3O[C@H]2O[C@@H](C)[C@H](NO[C@@H]3C[C@@H](O)[C@H]([S@@](C)=O)[C@@H](C)O3)[C@@H](O)[C@H]2O[C@H]2C[C@H](OC)[C@@H](NC(C)C)CO2)O[C@H](C)[C@@H]1O. The number of Topliss-reactive ketones (excluding diaryl/α,β-unsaturated/α-hetero) is 1. The maximum Gasteiger partial charge on any atom is 0.411 e. The van der Waals surface area contributed by atoms with Crippen LogP contribution >= 0.6 is 31.4 Å². The number of carbonyl (C=O) groups excluding carboxylic acids is 4. The second-order valence-electron chi connectivity index (χ2n) is 21.7. The van der Waals surface area contributed by atoms with Crippen LogP contribution < -0.4 is 30.9 Å². The summed E-state index contributed by atoms with van der Waals surface area (Å²) in [6.07, 6.45) is -13.4. The molecular formula is C59H80N4O23S4. The minimum atomic E-state index is -2.68. The molecule has 4 saturated heterocycles. The number of methoxy groups -OCH3 is 5.